The number of nitrogens with one attached hydrogen (secondary N) is 1. The van der Waals surface area contributed by atoms with E-state index in [0.717, 1.165) is 53.4 Å². The number of ether oxygens (including phenoxy) is 2. The van der Waals surface area contributed by atoms with E-state index in [0.29, 0.717) is 22.5 Å². The van der Waals surface area contributed by atoms with Gasteiger partial charge in [0.2, 0.25) is 12.6 Å². The Morgan fingerprint density at radius 2 is 1.62 bits per heavy atom. The number of thioether (sulfide) groups is 1. The second-order valence-corrected chi connectivity index (χ2v) is 13.9. The maximum Gasteiger partial charge on any atom is 0.251 e. The Morgan fingerprint density at radius 1 is 0.854 bits per heavy atom. The van der Waals surface area contributed by atoms with Gasteiger partial charge in [-0.1, -0.05) is 54.6 Å². The lowest BCUT2D eigenvalue weighted by Gasteiger charge is -2.23. The SMILES string of the molecule is Cn1cc(C(=O)c2cccs2)c2cc(C(=O)NCc3ccc(CN(CCSc4ccccc4)Cc4ccc5c(c4)OCO5)cc3)ccc21. The van der Waals surface area contributed by atoms with E-state index >= 15 is 0 Å². The third-order valence-electron chi connectivity index (χ3n) is 8.39. The van der Waals surface area contributed by atoms with Crippen LogP contribution in [-0.4, -0.2) is 40.2 Å². The lowest BCUT2D eigenvalue weighted by Crippen LogP contribution is -2.25. The summed E-state index contributed by atoms with van der Waals surface area (Å²) >= 11 is 3.28. The molecule has 0 bridgehead atoms. The normalized spacial score (nSPS) is 12.1. The van der Waals surface area contributed by atoms with Crippen LogP contribution in [0.25, 0.3) is 10.9 Å². The molecule has 9 heteroatoms. The van der Waals surface area contributed by atoms with E-state index in [1.54, 1.807) is 0 Å². The van der Waals surface area contributed by atoms with E-state index < -0.39 is 0 Å². The van der Waals surface area contributed by atoms with Crippen molar-refractivity contribution in [3.05, 3.63) is 147 Å². The zero-order valence-electron chi connectivity index (χ0n) is 26.6. The van der Waals surface area contributed by atoms with Crippen LogP contribution in [0, 0.1) is 0 Å². The smallest absolute Gasteiger partial charge is 0.251 e. The van der Waals surface area contributed by atoms with Gasteiger partial charge in [0.15, 0.2) is 11.5 Å². The van der Waals surface area contributed by atoms with Crippen LogP contribution in [0.4, 0.5) is 0 Å². The van der Waals surface area contributed by atoms with Crippen molar-refractivity contribution in [1.29, 1.82) is 0 Å². The Bertz CT molecular complexity index is 2040. The van der Waals surface area contributed by atoms with Crippen molar-refractivity contribution >= 4 is 45.7 Å². The number of nitrogens with zero attached hydrogens (tertiary/aromatic N) is 2. The topological polar surface area (TPSA) is 72.8 Å². The summed E-state index contributed by atoms with van der Waals surface area (Å²) in [5.74, 6) is 2.36. The number of benzene rings is 4. The van der Waals surface area contributed by atoms with E-state index in [9.17, 15) is 9.59 Å². The number of thiophene rings is 1. The highest BCUT2D eigenvalue weighted by Gasteiger charge is 2.19. The molecule has 7 rings (SSSR count). The average Bonchev–Trinajstić information content (AvgIpc) is 3.89. The molecule has 0 saturated heterocycles. The molecule has 6 aromatic rings. The lowest BCUT2D eigenvalue weighted by atomic mass is 10.1. The molecule has 4 aromatic carbocycles. The maximum absolute atomic E-state index is 13.2. The van der Waals surface area contributed by atoms with E-state index in [2.05, 4.69) is 70.9 Å². The van der Waals surface area contributed by atoms with Crippen LogP contribution < -0.4 is 14.8 Å². The third-order valence-corrected chi connectivity index (χ3v) is 10.2. The fourth-order valence-electron chi connectivity index (χ4n) is 5.88. The summed E-state index contributed by atoms with van der Waals surface area (Å²) in [5, 5.41) is 5.73. The van der Waals surface area contributed by atoms with E-state index in [4.69, 9.17) is 9.47 Å². The summed E-state index contributed by atoms with van der Waals surface area (Å²) in [4.78, 5) is 30.8. The van der Waals surface area contributed by atoms with Crippen LogP contribution in [0.1, 0.15) is 42.3 Å². The maximum atomic E-state index is 13.2. The van der Waals surface area contributed by atoms with Crippen LogP contribution in [0.3, 0.4) is 0 Å². The number of amides is 1. The van der Waals surface area contributed by atoms with E-state index in [1.165, 1.54) is 27.4 Å². The van der Waals surface area contributed by atoms with Crippen LogP contribution >= 0.6 is 23.1 Å². The van der Waals surface area contributed by atoms with Gasteiger partial charge < -0.3 is 19.4 Å². The molecule has 1 amide bonds. The van der Waals surface area contributed by atoms with Crippen LogP contribution in [0.2, 0.25) is 0 Å². The number of hydrogen-bond acceptors (Lipinski definition) is 7. The number of carbonyl (C=O) groups excluding carboxylic acids is 2. The summed E-state index contributed by atoms with van der Waals surface area (Å²) < 4.78 is 13.1. The quantitative estimate of drug-likeness (QED) is 0.0992. The van der Waals surface area contributed by atoms with E-state index in [1.807, 2.05) is 77.4 Å². The molecule has 0 saturated carbocycles. The highest BCUT2D eigenvalue weighted by Crippen LogP contribution is 2.33. The third kappa shape index (κ3) is 7.33. The zero-order valence-corrected chi connectivity index (χ0v) is 28.2. The van der Waals surface area contributed by atoms with Gasteiger partial charge in [-0.25, -0.2) is 0 Å². The lowest BCUT2D eigenvalue weighted by molar-refractivity contribution is 0.0950. The molecule has 242 valence electrons. The molecule has 0 spiro atoms. The van der Waals surface area contributed by atoms with Crippen LogP contribution in [0.5, 0.6) is 11.5 Å². The van der Waals surface area contributed by atoms with Gasteiger partial charge in [-0.15, -0.1) is 23.1 Å². The molecule has 7 nitrogen and oxygen atoms in total. The summed E-state index contributed by atoms with van der Waals surface area (Å²) in [6, 6.07) is 34.3. The first kappa shape index (κ1) is 31.8. The minimum absolute atomic E-state index is 0.0299. The van der Waals surface area contributed by atoms with Crippen molar-refractivity contribution in [2.75, 3.05) is 19.1 Å². The summed E-state index contributed by atoms with van der Waals surface area (Å²) in [7, 11) is 1.91. The van der Waals surface area contributed by atoms with Crippen molar-refractivity contribution < 1.29 is 19.1 Å². The fraction of sp³-hybridized carbons (Fsp3) is 0.179. The Hall–Kier alpha value is -4.83. The largest absolute Gasteiger partial charge is 0.454 e. The molecule has 0 atom stereocenters. The Morgan fingerprint density at radius 3 is 2.44 bits per heavy atom. The monoisotopic (exact) mass is 673 g/mol. The summed E-state index contributed by atoms with van der Waals surface area (Å²) in [6.07, 6.45) is 1.84. The number of hydrogen-bond donors (Lipinski definition) is 1. The molecule has 48 heavy (non-hydrogen) atoms. The van der Waals surface area contributed by atoms with E-state index in [-0.39, 0.29) is 18.5 Å². The Balaban J connectivity index is 0.993. The standard InChI is InChI=1S/C39H35N3O4S2/c1-41-25-33(38(43)37-8-5-18-48-37)32-21-30(14-15-34(32)41)39(44)40-22-27-9-11-28(12-10-27)23-42(17-19-47-31-6-3-2-4-7-31)24-29-13-16-35-36(20-29)46-26-45-35/h2-16,18,20-21,25H,17,19,22-24,26H2,1H3,(H,40,44). The van der Waals surface area contributed by atoms with Gasteiger partial charge in [0.1, 0.15) is 0 Å². The molecule has 1 aliphatic rings. The summed E-state index contributed by atoms with van der Waals surface area (Å²) in [5.41, 5.74) is 5.44. The molecule has 0 unspecified atom stereocenters. The van der Waals surface area contributed by atoms with Crippen molar-refractivity contribution in [2.24, 2.45) is 7.05 Å². The molecular weight excluding hydrogens is 639 g/mol. The predicted molar refractivity (Wildman–Crippen MR) is 192 cm³/mol. The molecular formula is C39H35N3O4S2. The number of rotatable bonds is 13. The van der Waals surface area contributed by atoms with Gasteiger partial charge >= 0.3 is 0 Å². The van der Waals surface area contributed by atoms with Gasteiger partial charge in [0, 0.05) is 72.1 Å². The first-order valence-electron chi connectivity index (χ1n) is 15.8. The van der Waals surface area contributed by atoms with Crippen molar-refractivity contribution in [2.45, 2.75) is 24.5 Å². The molecule has 0 radical (unpaired) electrons. The van der Waals surface area contributed by atoms with Gasteiger partial charge in [-0.2, -0.15) is 0 Å². The number of ketones is 1. The predicted octanol–water partition coefficient (Wildman–Crippen LogP) is 7.92. The summed E-state index contributed by atoms with van der Waals surface area (Å²) in [6.45, 7) is 3.17. The number of carbonyl (C=O) groups is 2. The van der Waals surface area contributed by atoms with Crippen molar-refractivity contribution in [3.63, 3.8) is 0 Å². The number of aryl methyl sites for hydroxylation is 1. The average molecular weight is 674 g/mol. The second-order valence-electron chi connectivity index (χ2n) is 11.8. The van der Waals surface area contributed by atoms with Gasteiger partial charge in [-0.3, -0.25) is 14.5 Å². The van der Waals surface area contributed by atoms with Crippen LogP contribution in [0.15, 0.2) is 120 Å². The Labute approximate surface area is 288 Å². The second kappa shape index (κ2) is 14.5. The minimum Gasteiger partial charge on any atom is -0.454 e. The van der Waals surface area contributed by atoms with Gasteiger partial charge in [-0.05, 0) is 70.6 Å². The molecule has 2 aromatic heterocycles. The number of aromatic nitrogens is 1. The number of fused-ring (bicyclic) bond motifs is 2. The molecule has 0 fully saturated rings. The zero-order chi connectivity index (χ0) is 32.9. The Kier molecular flexibility index (Phi) is 9.60. The fourth-order valence-corrected chi connectivity index (χ4v) is 7.49. The highest BCUT2D eigenvalue weighted by molar-refractivity contribution is 7.99. The molecule has 0 aliphatic carbocycles. The van der Waals surface area contributed by atoms with Crippen LogP contribution in [-0.2, 0) is 26.7 Å². The minimum atomic E-state index is -0.176. The van der Waals surface area contributed by atoms with Gasteiger partial charge in [0.25, 0.3) is 5.91 Å². The highest BCUT2D eigenvalue weighted by atomic mass is 32.2. The molecule has 3 heterocycles. The molecule has 1 N–H and O–H groups in total. The van der Waals surface area contributed by atoms with Gasteiger partial charge in [0.05, 0.1) is 4.88 Å². The van der Waals surface area contributed by atoms with Crippen molar-refractivity contribution in [3.8, 4) is 11.5 Å². The first-order chi connectivity index (χ1) is 23.5. The first-order valence-corrected chi connectivity index (χ1v) is 17.7. The molecule has 1 aliphatic heterocycles. The van der Waals surface area contributed by atoms with Crippen molar-refractivity contribution in [1.82, 2.24) is 14.8 Å².